The van der Waals surface area contributed by atoms with Gasteiger partial charge in [0.15, 0.2) is 0 Å². The van der Waals surface area contributed by atoms with Gasteiger partial charge < -0.3 is 11.1 Å². The minimum atomic E-state index is 0.758. The summed E-state index contributed by atoms with van der Waals surface area (Å²) in [6.45, 7) is 5.03. The second-order valence-corrected chi connectivity index (χ2v) is 5.43. The molecule has 0 aromatic heterocycles. The van der Waals surface area contributed by atoms with Crippen LogP contribution in [0.5, 0.6) is 0 Å². The fourth-order valence-electron chi connectivity index (χ4n) is 1.93. The molecule has 0 atom stereocenters. The Hall–Kier alpha value is -1.48. The van der Waals surface area contributed by atoms with Crippen LogP contribution < -0.4 is 11.1 Å². The van der Waals surface area contributed by atoms with Crippen molar-refractivity contribution in [2.24, 2.45) is 0 Å². The van der Waals surface area contributed by atoms with Crippen molar-refractivity contribution in [3.63, 3.8) is 0 Å². The minimum absolute atomic E-state index is 0.758. The molecular weight excluding hydrogens is 288 g/mol. The lowest BCUT2D eigenvalue weighted by atomic mass is 10.1. The van der Waals surface area contributed by atoms with Gasteiger partial charge in [0.25, 0.3) is 0 Å². The van der Waals surface area contributed by atoms with Crippen molar-refractivity contribution >= 4 is 27.3 Å². The number of hydrogen-bond donors (Lipinski definition) is 2. The molecule has 0 spiro atoms. The first-order valence-electron chi connectivity index (χ1n) is 5.91. The summed E-state index contributed by atoms with van der Waals surface area (Å²) in [6.07, 6.45) is 0. The van der Waals surface area contributed by atoms with Gasteiger partial charge in [-0.05, 0) is 43.2 Å². The molecule has 3 N–H and O–H groups in total. The van der Waals surface area contributed by atoms with Crippen molar-refractivity contribution < 1.29 is 0 Å². The van der Waals surface area contributed by atoms with Crippen LogP contribution in [0.3, 0.4) is 0 Å². The van der Waals surface area contributed by atoms with Crippen LogP contribution in [0.2, 0.25) is 0 Å². The molecule has 0 saturated heterocycles. The molecule has 0 aliphatic carbocycles. The van der Waals surface area contributed by atoms with Gasteiger partial charge in [0, 0.05) is 11.0 Å². The van der Waals surface area contributed by atoms with Crippen molar-refractivity contribution in [3.05, 3.63) is 57.6 Å². The molecule has 2 nitrogen and oxygen atoms in total. The molecule has 18 heavy (non-hydrogen) atoms. The smallest absolute Gasteiger partial charge is 0.0577 e. The van der Waals surface area contributed by atoms with Crippen LogP contribution in [0.15, 0.2) is 40.9 Å². The lowest BCUT2D eigenvalue weighted by molar-refractivity contribution is 1.11. The van der Waals surface area contributed by atoms with E-state index in [4.69, 9.17) is 5.73 Å². The van der Waals surface area contributed by atoms with Crippen molar-refractivity contribution in [2.45, 2.75) is 20.4 Å². The fourth-order valence-corrected chi connectivity index (χ4v) is 2.31. The average Bonchev–Trinajstić information content (AvgIpc) is 2.30. The maximum atomic E-state index is 5.96. The number of rotatable bonds is 3. The maximum Gasteiger partial charge on any atom is 0.0577 e. The normalized spacial score (nSPS) is 10.4. The summed E-state index contributed by atoms with van der Waals surface area (Å²) in [6, 6.07) is 12.4. The van der Waals surface area contributed by atoms with Crippen molar-refractivity contribution in [3.8, 4) is 0 Å². The quantitative estimate of drug-likeness (QED) is 0.832. The summed E-state index contributed by atoms with van der Waals surface area (Å²) >= 11 is 3.40. The lowest BCUT2D eigenvalue weighted by Gasteiger charge is -2.12. The molecule has 2 aromatic carbocycles. The SMILES string of the molecule is Cc1ccc(CNc2ccc(Br)cc2N)c(C)c1. The van der Waals surface area contributed by atoms with E-state index in [2.05, 4.69) is 53.3 Å². The van der Waals surface area contributed by atoms with Gasteiger partial charge in [-0.2, -0.15) is 0 Å². The average molecular weight is 305 g/mol. The van der Waals surface area contributed by atoms with E-state index in [0.717, 1.165) is 22.4 Å². The standard InChI is InChI=1S/C15H17BrN2/c1-10-3-4-12(11(2)7-10)9-18-15-6-5-13(16)8-14(15)17/h3-8,18H,9,17H2,1-2H3. The van der Waals surface area contributed by atoms with Crippen LogP contribution in [-0.4, -0.2) is 0 Å². The van der Waals surface area contributed by atoms with Gasteiger partial charge in [-0.25, -0.2) is 0 Å². The van der Waals surface area contributed by atoms with E-state index in [1.165, 1.54) is 16.7 Å². The molecule has 0 aliphatic heterocycles. The molecule has 0 aliphatic rings. The Morgan fingerprint density at radius 1 is 1.11 bits per heavy atom. The first-order valence-corrected chi connectivity index (χ1v) is 6.70. The predicted molar refractivity (Wildman–Crippen MR) is 81.8 cm³/mol. The summed E-state index contributed by atoms with van der Waals surface area (Å²) in [5, 5.41) is 3.37. The lowest BCUT2D eigenvalue weighted by Crippen LogP contribution is -2.03. The van der Waals surface area contributed by atoms with Crippen molar-refractivity contribution in [1.82, 2.24) is 0 Å². The topological polar surface area (TPSA) is 38.0 Å². The van der Waals surface area contributed by atoms with Crippen LogP contribution in [0.25, 0.3) is 0 Å². The molecule has 0 bridgehead atoms. The first-order chi connectivity index (χ1) is 8.56. The number of nitrogen functional groups attached to an aromatic ring is 1. The molecule has 3 heteroatoms. The van der Waals surface area contributed by atoms with Crippen LogP contribution in [0.4, 0.5) is 11.4 Å². The summed E-state index contributed by atoms with van der Waals surface area (Å²) in [4.78, 5) is 0. The van der Waals surface area contributed by atoms with Gasteiger partial charge in [0.2, 0.25) is 0 Å². The summed E-state index contributed by atoms with van der Waals surface area (Å²) in [5.41, 5.74) is 11.6. The van der Waals surface area contributed by atoms with Crippen LogP contribution in [0.1, 0.15) is 16.7 Å². The monoisotopic (exact) mass is 304 g/mol. The van der Waals surface area contributed by atoms with Crippen LogP contribution in [-0.2, 0) is 6.54 Å². The molecular formula is C15H17BrN2. The maximum absolute atomic E-state index is 5.96. The summed E-state index contributed by atoms with van der Waals surface area (Å²) in [7, 11) is 0. The third-order valence-corrected chi connectivity index (χ3v) is 3.47. The zero-order valence-electron chi connectivity index (χ0n) is 10.6. The molecule has 0 saturated carbocycles. The Morgan fingerprint density at radius 3 is 2.56 bits per heavy atom. The Labute approximate surface area is 116 Å². The van der Waals surface area contributed by atoms with Gasteiger partial charge in [-0.15, -0.1) is 0 Å². The Balaban J connectivity index is 2.11. The van der Waals surface area contributed by atoms with Crippen molar-refractivity contribution in [2.75, 3.05) is 11.1 Å². The van der Waals surface area contributed by atoms with Gasteiger partial charge in [-0.1, -0.05) is 39.7 Å². The number of nitrogens with two attached hydrogens (primary N) is 1. The highest BCUT2D eigenvalue weighted by Crippen LogP contribution is 2.24. The second-order valence-electron chi connectivity index (χ2n) is 4.52. The van der Waals surface area contributed by atoms with Gasteiger partial charge in [0.05, 0.1) is 11.4 Å². The van der Waals surface area contributed by atoms with Gasteiger partial charge >= 0.3 is 0 Å². The molecule has 0 fully saturated rings. The molecule has 0 amide bonds. The first kappa shape index (κ1) is 13.0. The van der Waals surface area contributed by atoms with E-state index in [1.807, 2.05) is 18.2 Å². The number of nitrogens with one attached hydrogen (secondary N) is 1. The number of halogens is 1. The summed E-state index contributed by atoms with van der Waals surface area (Å²) in [5.74, 6) is 0. The largest absolute Gasteiger partial charge is 0.397 e. The third-order valence-electron chi connectivity index (χ3n) is 2.98. The minimum Gasteiger partial charge on any atom is -0.397 e. The number of benzene rings is 2. The van der Waals surface area contributed by atoms with Crippen LogP contribution >= 0.6 is 15.9 Å². The molecule has 2 rings (SSSR count). The highest BCUT2D eigenvalue weighted by molar-refractivity contribution is 9.10. The Kier molecular flexibility index (Phi) is 3.92. The summed E-state index contributed by atoms with van der Waals surface area (Å²) < 4.78 is 0.997. The van der Waals surface area contributed by atoms with Gasteiger partial charge in [0.1, 0.15) is 0 Å². The molecule has 94 valence electrons. The molecule has 2 aromatic rings. The number of aryl methyl sites for hydroxylation is 2. The van der Waals surface area contributed by atoms with E-state index in [1.54, 1.807) is 0 Å². The van der Waals surface area contributed by atoms with Gasteiger partial charge in [-0.3, -0.25) is 0 Å². The zero-order valence-corrected chi connectivity index (χ0v) is 12.2. The Morgan fingerprint density at radius 2 is 1.89 bits per heavy atom. The van der Waals surface area contributed by atoms with Crippen LogP contribution in [0, 0.1) is 13.8 Å². The fraction of sp³-hybridized carbons (Fsp3) is 0.200. The Bertz CT molecular complexity index is 513. The zero-order chi connectivity index (χ0) is 13.1. The van der Waals surface area contributed by atoms with E-state index in [0.29, 0.717) is 0 Å². The van der Waals surface area contributed by atoms with E-state index >= 15 is 0 Å². The number of anilines is 2. The second kappa shape index (κ2) is 5.44. The van der Waals surface area contributed by atoms with E-state index in [9.17, 15) is 0 Å². The highest BCUT2D eigenvalue weighted by atomic mass is 79.9. The molecule has 0 unspecified atom stereocenters. The van der Waals surface area contributed by atoms with E-state index < -0.39 is 0 Å². The number of hydrogen-bond acceptors (Lipinski definition) is 2. The highest BCUT2D eigenvalue weighted by Gasteiger charge is 2.02. The molecule has 0 radical (unpaired) electrons. The third kappa shape index (κ3) is 3.05. The van der Waals surface area contributed by atoms with E-state index in [-0.39, 0.29) is 0 Å². The van der Waals surface area contributed by atoms with Crippen molar-refractivity contribution in [1.29, 1.82) is 0 Å². The predicted octanol–water partition coefficient (Wildman–Crippen LogP) is 4.26. The molecule has 0 heterocycles.